The van der Waals surface area contributed by atoms with Gasteiger partial charge in [-0.15, -0.1) is 0 Å². The van der Waals surface area contributed by atoms with Crippen molar-refractivity contribution in [1.29, 1.82) is 0 Å². The molecular weight excluding hydrogens is 764 g/mol. The van der Waals surface area contributed by atoms with Gasteiger partial charge in [-0.2, -0.15) is 0 Å². The minimum atomic E-state index is -1.71. The maximum absolute atomic E-state index is 12.9. The van der Waals surface area contributed by atoms with Crippen LogP contribution in [0, 0.1) is 0 Å². The lowest BCUT2D eigenvalue weighted by Gasteiger charge is -2.42. The van der Waals surface area contributed by atoms with Crippen LogP contribution in [-0.4, -0.2) is 142 Å². The first-order valence-electron chi connectivity index (χ1n) is 22.6. The van der Waals surface area contributed by atoms with Gasteiger partial charge in [0.1, 0.15) is 54.9 Å². The largest absolute Gasteiger partial charge is 0.457 e. The van der Waals surface area contributed by atoms with E-state index < -0.39 is 86.7 Å². The summed E-state index contributed by atoms with van der Waals surface area (Å²) in [5, 5.41) is 71.8. The van der Waals surface area contributed by atoms with E-state index in [-0.39, 0.29) is 19.6 Å². The van der Waals surface area contributed by atoms with Crippen molar-refractivity contribution in [3.8, 4) is 0 Å². The van der Waals surface area contributed by atoms with Crippen LogP contribution in [-0.2, 0) is 33.2 Å². The van der Waals surface area contributed by atoms with Crippen molar-refractivity contribution in [3.63, 3.8) is 0 Å². The van der Waals surface area contributed by atoms with Crippen molar-refractivity contribution in [2.75, 3.05) is 33.0 Å². The molecule has 7 N–H and O–H groups in total. The Bertz CT molecular complexity index is 1120. The highest BCUT2D eigenvalue weighted by Gasteiger charge is 2.47. The fourth-order valence-electron chi connectivity index (χ4n) is 6.94. The van der Waals surface area contributed by atoms with Gasteiger partial charge < -0.3 is 64.2 Å². The Hall–Kier alpha value is -1.79. The Morgan fingerprint density at radius 2 is 1.10 bits per heavy atom. The van der Waals surface area contributed by atoms with Crippen LogP contribution in [0.3, 0.4) is 0 Å². The normalized spacial score (nSPS) is 28.3. The van der Waals surface area contributed by atoms with E-state index in [4.69, 9.17) is 28.4 Å². The summed E-state index contributed by atoms with van der Waals surface area (Å²) in [5.41, 5.74) is 0. The number of aliphatic hydroxyl groups is 7. The second kappa shape index (κ2) is 33.8. The highest BCUT2D eigenvalue weighted by Crippen LogP contribution is 2.26. The molecule has 0 radical (unpaired) electrons. The number of aliphatic hydroxyl groups excluding tert-OH is 7. The summed E-state index contributed by atoms with van der Waals surface area (Å²) in [6.07, 6.45) is 17.9. The molecule has 2 saturated heterocycles. The zero-order valence-corrected chi connectivity index (χ0v) is 36.0. The first-order valence-corrected chi connectivity index (χ1v) is 22.6. The van der Waals surface area contributed by atoms with E-state index >= 15 is 0 Å². The number of esters is 1. The lowest BCUT2D eigenvalue weighted by molar-refractivity contribution is -0.332. The molecular formula is C45H80O14. The lowest BCUT2D eigenvalue weighted by Crippen LogP contribution is -2.61. The third kappa shape index (κ3) is 22.8. The topological polar surface area (TPSA) is 214 Å². The maximum Gasteiger partial charge on any atom is 0.306 e. The molecule has 2 aliphatic rings. The van der Waals surface area contributed by atoms with Crippen LogP contribution in [0.1, 0.15) is 142 Å². The fourth-order valence-corrected chi connectivity index (χ4v) is 6.94. The molecule has 0 aromatic rings. The molecule has 0 spiro atoms. The molecule has 0 aliphatic carbocycles. The van der Waals surface area contributed by atoms with Gasteiger partial charge in [0, 0.05) is 13.0 Å². The molecule has 0 saturated carbocycles. The highest BCUT2D eigenvalue weighted by molar-refractivity contribution is 5.69. The van der Waals surface area contributed by atoms with E-state index in [0.717, 1.165) is 57.8 Å². The Labute approximate surface area is 353 Å². The molecule has 344 valence electrons. The van der Waals surface area contributed by atoms with E-state index in [1.807, 2.05) is 0 Å². The zero-order valence-electron chi connectivity index (χ0n) is 36.0. The molecule has 0 aromatic heterocycles. The fraction of sp³-hybridized carbons (Fsp3) is 0.844. The number of hydrogen-bond donors (Lipinski definition) is 7. The summed E-state index contributed by atoms with van der Waals surface area (Å²) in [6, 6.07) is 0. The average Bonchev–Trinajstić information content (AvgIpc) is 3.23. The van der Waals surface area contributed by atoms with Crippen molar-refractivity contribution in [2.24, 2.45) is 0 Å². The zero-order chi connectivity index (χ0) is 43.1. The lowest BCUT2D eigenvalue weighted by atomic mass is 9.98. The van der Waals surface area contributed by atoms with Gasteiger partial charge in [0.05, 0.1) is 26.4 Å². The molecule has 0 amide bonds. The van der Waals surface area contributed by atoms with Gasteiger partial charge in [-0.1, -0.05) is 127 Å². The molecule has 0 bridgehead atoms. The van der Waals surface area contributed by atoms with Crippen LogP contribution in [0.4, 0.5) is 0 Å². The first-order chi connectivity index (χ1) is 28.6. The Morgan fingerprint density at radius 1 is 0.576 bits per heavy atom. The minimum absolute atomic E-state index is 0.0511. The van der Waals surface area contributed by atoms with E-state index in [2.05, 4.69) is 50.3 Å². The number of carbonyl (C=O) groups is 1. The smallest absolute Gasteiger partial charge is 0.306 e. The third-order valence-corrected chi connectivity index (χ3v) is 10.7. The van der Waals surface area contributed by atoms with Crippen molar-refractivity contribution in [2.45, 2.75) is 210 Å². The molecule has 2 rings (SSSR count). The van der Waals surface area contributed by atoms with Gasteiger partial charge in [-0.05, 0) is 44.9 Å². The van der Waals surface area contributed by atoms with E-state index in [0.29, 0.717) is 13.0 Å². The van der Waals surface area contributed by atoms with Crippen LogP contribution >= 0.6 is 0 Å². The SMILES string of the molecule is CC/C=C\C/C=C\C/C=C\CCCCCC(=O)OC(COCCCCCCCCCCCCCC)COC1OC(COC2OC(CO)C(O)C(O)C2O)C(O)C(O)C1O. The van der Waals surface area contributed by atoms with Gasteiger partial charge in [0.2, 0.25) is 0 Å². The van der Waals surface area contributed by atoms with E-state index in [1.54, 1.807) is 0 Å². The number of hydrogen-bond acceptors (Lipinski definition) is 14. The summed E-state index contributed by atoms with van der Waals surface area (Å²) in [6.45, 7) is 3.51. The van der Waals surface area contributed by atoms with E-state index in [9.17, 15) is 40.5 Å². The van der Waals surface area contributed by atoms with Crippen LogP contribution in [0.15, 0.2) is 36.5 Å². The molecule has 14 nitrogen and oxygen atoms in total. The van der Waals surface area contributed by atoms with Crippen molar-refractivity contribution in [1.82, 2.24) is 0 Å². The Morgan fingerprint density at radius 3 is 1.71 bits per heavy atom. The van der Waals surface area contributed by atoms with Crippen molar-refractivity contribution in [3.05, 3.63) is 36.5 Å². The molecule has 59 heavy (non-hydrogen) atoms. The van der Waals surface area contributed by atoms with Gasteiger partial charge in [-0.3, -0.25) is 4.79 Å². The predicted molar refractivity (Wildman–Crippen MR) is 224 cm³/mol. The standard InChI is InChI=1S/C45H80O14/c1-3-5-7-9-11-13-15-17-18-20-22-24-26-28-37(47)57-34(31-54-29-27-25-23-21-19-16-14-12-10-8-6-4-2)32-55-44-43(53)41(51)39(49)36(59-44)33-56-45-42(52)40(50)38(48)35(30-46)58-45/h5,7,11,13,17-18,34-36,38-46,48-53H,3-4,6,8-10,12,14-16,19-33H2,1-2H3/b7-5-,13-11-,18-17-. The molecule has 11 unspecified atom stereocenters. The molecule has 11 atom stereocenters. The van der Waals surface area contributed by atoms with Crippen molar-refractivity contribution >= 4 is 5.97 Å². The quantitative estimate of drug-likeness (QED) is 0.0256. The van der Waals surface area contributed by atoms with E-state index in [1.165, 1.54) is 57.8 Å². The summed E-state index contributed by atoms with van der Waals surface area (Å²) < 4.78 is 34.1. The van der Waals surface area contributed by atoms with Gasteiger partial charge in [-0.25, -0.2) is 0 Å². The number of allylic oxidation sites excluding steroid dienone is 6. The maximum atomic E-state index is 12.9. The third-order valence-electron chi connectivity index (χ3n) is 10.7. The molecule has 2 aliphatic heterocycles. The summed E-state index contributed by atoms with van der Waals surface area (Å²) in [7, 11) is 0. The molecule has 14 heteroatoms. The summed E-state index contributed by atoms with van der Waals surface area (Å²) in [4.78, 5) is 12.9. The molecule has 2 heterocycles. The van der Waals surface area contributed by atoms with Crippen LogP contribution in [0.5, 0.6) is 0 Å². The van der Waals surface area contributed by atoms with Crippen LogP contribution in [0.2, 0.25) is 0 Å². The number of carbonyl (C=O) groups excluding carboxylic acids is 1. The molecule has 2 fully saturated rings. The summed E-state index contributed by atoms with van der Waals surface area (Å²) >= 11 is 0. The average molecular weight is 845 g/mol. The first kappa shape index (κ1) is 53.3. The molecule has 0 aromatic carbocycles. The number of unbranched alkanes of at least 4 members (excludes halogenated alkanes) is 14. The minimum Gasteiger partial charge on any atom is -0.457 e. The number of ether oxygens (including phenoxy) is 6. The second-order valence-electron chi connectivity index (χ2n) is 15.8. The monoisotopic (exact) mass is 845 g/mol. The highest BCUT2D eigenvalue weighted by atomic mass is 16.7. The second-order valence-corrected chi connectivity index (χ2v) is 15.8. The number of rotatable bonds is 34. The Kier molecular flexibility index (Phi) is 30.6. The predicted octanol–water partition coefficient (Wildman–Crippen LogP) is 5.07. The Balaban J connectivity index is 1.84. The van der Waals surface area contributed by atoms with Gasteiger partial charge in [0.25, 0.3) is 0 Å². The summed E-state index contributed by atoms with van der Waals surface area (Å²) in [5.74, 6) is -0.406. The van der Waals surface area contributed by atoms with Crippen LogP contribution < -0.4 is 0 Å². The van der Waals surface area contributed by atoms with Gasteiger partial charge >= 0.3 is 5.97 Å². The van der Waals surface area contributed by atoms with Crippen LogP contribution in [0.25, 0.3) is 0 Å². The van der Waals surface area contributed by atoms with Gasteiger partial charge in [0.15, 0.2) is 12.6 Å². The van der Waals surface area contributed by atoms with Crippen molar-refractivity contribution < 1.29 is 69.0 Å².